The number of amides is 1. The number of hydrogen-bond acceptors (Lipinski definition) is 3. The van der Waals surface area contributed by atoms with Crippen LogP contribution in [0, 0.1) is 0 Å². The van der Waals surface area contributed by atoms with Crippen LogP contribution in [0.3, 0.4) is 0 Å². The number of halogens is 1. The highest BCUT2D eigenvalue weighted by Crippen LogP contribution is 2.40. The van der Waals surface area contributed by atoms with Crippen LogP contribution in [0.5, 0.6) is 5.75 Å². The molecule has 5 heteroatoms. The van der Waals surface area contributed by atoms with E-state index in [1.54, 1.807) is 0 Å². The molecule has 3 nitrogen and oxygen atoms in total. The van der Waals surface area contributed by atoms with Crippen molar-refractivity contribution in [2.45, 2.75) is 19.4 Å². The first kappa shape index (κ1) is 21.7. The zero-order chi connectivity index (χ0) is 22.8. The molecule has 1 atom stereocenters. The monoisotopic (exact) mass is 473 g/mol. The van der Waals surface area contributed by atoms with E-state index in [9.17, 15) is 4.79 Å². The van der Waals surface area contributed by atoms with Gasteiger partial charge in [0.1, 0.15) is 5.75 Å². The molecule has 1 aliphatic heterocycles. The topological polar surface area (TPSA) is 29.5 Å². The standard InChI is InChI=1S/C28H24ClNO2S/c1-2-32-21-13-11-20(12-14-21)25-15-16-26(33-25)28(31)30-18-17-19-7-3-4-8-22(19)27(30)23-9-5-6-10-24(23)29/h3-16,27H,2,17-18H2,1H3/t27-/m0/s1. The number of thiophene rings is 1. The van der Waals surface area contributed by atoms with E-state index in [-0.39, 0.29) is 11.9 Å². The summed E-state index contributed by atoms with van der Waals surface area (Å²) >= 11 is 8.14. The summed E-state index contributed by atoms with van der Waals surface area (Å²) in [6.45, 7) is 3.27. The molecule has 0 bridgehead atoms. The molecule has 0 unspecified atom stereocenters. The van der Waals surface area contributed by atoms with E-state index in [0.717, 1.165) is 38.6 Å². The zero-order valence-electron chi connectivity index (χ0n) is 18.3. The van der Waals surface area contributed by atoms with Crippen LogP contribution >= 0.6 is 22.9 Å². The molecule has 5 rings (SSSR count). The summed E-state index contributed by atoms with van der Waals surface area (Å²) in [6.07, 6.45) is 0.833. The number of carbonyl (C=O) groups excluding carboxylic acids is 1. The van der Waals surface area contributed by atoms with Crippen molar-refractivity contribution in [3.63, 3.8) is 0 Å². The Morgan fingerprint density at radius 1 is 0.970 bits per heavy atom. The van der Waals surface area contributed by atoms with Crippen molar-refractivity contribution < 1.29 is 9.53 Å². The predicted octanol–water partition coefficient (Wildman–Crippen LogP) is 7.26. The number of rotatable bonds is 5. The van der Waals surface area contributed by atoms with E-state index < -0.39 is 0 Å². The Bertz CT molecular complexity index is 1280. The second-order valence-electron chi connectivity index (χ2n) is 7.99. The van der Waals surface area contributed by atoms with Gasteiger partial charge in [0, 0.05) is 16.4 Å². The van der Waals surface area contributed by atoms with Gasteiger partial charge in [-0.05, 0) is 78.1 Å². The van der Waals surface area contributed by atoms with Gasteiger partial charge in [0.05, 0.1) is 17.5 Å². The van der Waals surface area contributed by atoms with E-state index >= 15 is 0 Å². The lowest BCUT2D eigenvalue weighted by Gasteiger charge is -2.38. The third kappa shape index (κ3) is 4.29. The first-order valence-electron chi connectivity index (χ1n) is 11.1. The summed E-state index contributed by atoms with van der Waals surface area (Å²) in [7, 11) is 0. The second-order valence-corrected chi connectivity index (χ2v) is 9.48. The number of nitrogens with zero attached hydrogens (tertiary/aromatic N) is 1. The largest absolute Gasteiger partial charge is 0.494 e. The maximum absolute atomic E-state index is 13.8. The van der Waals surface area contributed by atoms with E-state index in [2.05, 4.69) is 18.2 Å². The first-order chi connectivity index (χ1) is 16.2. The second kappa shape index (κ2) is 9.42. The van der Waals surface area contributed by atoms with Gasteiger partial charge in [-0.1, -0.05) is 54.1 Å². The highest BCUT2D eigenvalue weighted by atomic mass is 35.5. The molecule has 1 amide bonds. The van der Waals surface area contributed by atoms with Crippen LogP contribution in [-0.4, -0.2) is 24.0 Å². The van der Waals surface area contributed by atoms with Crippen molar-refractivity contribution in [2.75, 3.05) is 13.2 Å². The highest BCUT2D eigenvalue weighted by molar-refractivity contribution is 7.17. The van der Waals surface area contributed by atoms with Crippen molar-refractivity contribution in [3.05, 3.63) is 112 Å². The SMILES string of the molecule is CCOc1ccc(-c2ccc(C(=O)N3CCc4ccccc4[C@H]3c3ccccc3Cl)s2)cc1. The number of hydrogen-bond donors (Lipinski definition) is 0. The van der Waals surface area contributed by atoms with Crippen LogP contribution in [0.25, 0.3) is 10.4 Å². The van der Waals surface area contributed by atoms with Crippen LogP contribution < -0.4 is 4.74 Å². The van der Waals surface area contributed by atoms with Gasteiger partial charge in [-0.15, -0.1) is 11.3 Å². The number of ether oxygens (including phenoxy) is 1. The van der Waals surface area contributed by atoms with E-state index in [0.29, 0.717) is 18.2 Å². The molecule has 33 heavy (non-hydrogen) atoms. The summed E-state index contributed by atoms with van der Waals surface area (Å²) in [5, 5.41) is 0.679. The van der Waals surface area contributed by atoms with Crippen molar-refractivity contribution in [2.24, 2.45) is 0 Å². The van der Waals surface area contributed by atoms with Gasteiger partial charge in [-0.2, -0.15) is 0 Å². The molecule has 1 aliphatic rings. The number of benzene rings is 3. The molecule has 0 spiro atoms. The minimum atomic E-state index is -0.202. The Morgan fingerprint density at radius 3 is 2.45 bits per heavy atom. The van der Waals surface area contributed by atoms with E-state index in [4.69, 9.17) is 16.3 Å². The molecule has 4 aromatic rings. The van der Waals surface area contributed by atoms with Crippen molar-refractivity contribution in [1.29, 1.82) is 0 Å². The molecule has 0 saturated heterocycles. The Morgan fingerprint density at radius 2 is 1.70 bits per heavy atom. The molecular weight excluding hydrogens is 450 g/mol. The number of fused-ring (bicyclic) bond motifs is 1. The van der Waals surface area contributed by atoms with Gasteiger partial charge < -0.3 is 9.64 Å². The molecule has 0 saturated carbocycles. The maximum Gasteiger partial charge on any atom is 0.264 e. The smallest absolute Gasteiger partial charge is 0.264 e. The average Bonchev–Trinajstić information content (AvgIpc) is 3.34. The fraction of sp³-hybridized carbons (Fsp3) is 0.179. The highest BCUT2D eigenvalue weighted by Gasteiger charge is 2.34. The van der Waals surface area contributed by atoms with E-state index in [1.165, 1.54) is 16.9 Å². The lowest BCUT2D eigenvalue weighted by molar-refractivity contribution is 0.0699. The average molecular weight is 474 g/mol. The van der Waals surface area contributed by atoms with Gasteiger partial charge in [-0.25, -0.2) is 0 Å². The molecular formula is C28H24ClNO2S. The van der Waals surface area contributed by atoms with Crippen LogP contribution in [-0.2, 0) is 6.42 Å². The van der Waals surface area contributed by atoms with Crippen LogP contribution in [0.1, 0.15) is 39.3 Å². The molecule has 166 valence electrons. The van der Waals surface area contributed by atoms with Gasteiger partial charge in [0.15, 0.2) is 0 Å². The Labute approximate surface area is 203 Å². The first-order valence-corrected chi connectivity index (χ1v) is 12.3. The maximum atomic E-state index is 13.8. The van der Waals surface area contributed by atoms with E-state index in [1.807, 2.05) is 78.6 Å². The molecule has 1 aromatic heterocycles. The Hall–Kier alpha value is -3.08. The fourth-order valence-electron chi connectivity index (χ4n) is 4.45. The van der Waals surface area contributed by atoms with Crippen molar-refractivity contribution in [1.82, 2.24) is 4.90 Å². The minimum absolute atomic E-state index is 0.0385. The Kier molecular flexibility index (Phi) is 6.21. The van der Waals surface area contributed by atoms with Gasteiger partial charge in [0.2, 0.25) is 0 Å². The quantitative estimate of drug-likeness (QED) is 0.305. The third-order valence-electron chi connectivity index (χ3n) is 6.01. The van der Waals surface area contributed by atoms with Gasteiger partial charge in [-0.3, -0.25) is 4.79 Å². The van der Waals surface area contributed by atoms with Crippen molar-refractivity contribution in [3.8, 4) is 16.2 Å². The molecule has 0 fully saturated rings. The summed E-state index contributed by atoms with van der Waals surface area (Å²) in [5.74, 6) is 0.889. The van der Waals surface area contributed by atoms with Crippen LogP contribution in [0.4, 0.5) is 0 Å². The summed E-state index contributed by atoms with van der Waals surface area (Å²) < 4.78 is 5.54. The minimum Gasteiger partial charge on any atom is -0.494 e. The Balaban J connectivity index is 1.48. The third-order valence-corrected chi connectivity index (χ3v) is 7.48. The van der Waals surface area contributed by atoms with Gasteiger partial charge in [0.25, 0.3) is 5.91 Å². The summed E-state index contributed by atoms with van der Waals surface area (Å²) in [6, 6.07) is 27.9. The molecule has 0 radical (unpaired) electrons. The molecule has 0 N–H and O–H groups in total. The lowest BCUT2D eigenvalue weighted by atomic mass is 9.88. The summed E-state index contributed by atoms with van der Waals surface area (Å²) in [5.41, 5.74) is 4.46. The van der Waals surface area contributed by atoms with Crippen molar-refractivity contribution >= 4 is 28.8 Å². The predicted molar refractivity (Wildman–Crippen MR) is 135 cm³/mol. The molecule has 0 aliphatic carbocycles. The number of carbonyl (C=O) groups is 1. The summed E-state index contributed by atoms with van der Waals surface area (Å²) in [4.78, 5) is 17.5. The zero-order valence-corrected chi connectivity index (χ0v) is 19.9. The fourth-order valence-corrected chi connectivity index (χ4v) is 5.66. The van der Waals surface area contributed by atoms with Crippen LogP contribution in [0.2, 0.25) is 5.02 Å². The normalized spacial score (nSPS) is 15.2. The van der Waals surface area contributed by atoms with Crippen LogP contribution in [0.15, 0.2) is 84.9 Å². The molecule has 3 aromatic carbocycles. The molecule has 2 heterocycles. The lowest BCUT2D eigenvalue weighted by Crippen LogP contribution is -2.40. The van der Waals surface area contributed by atoms with Gasteiger partial charge >= 0.3 is 0 Å².